The molecular formula is C14H19ClN4O. The number of piperazine rings is 1. The zero-order valence-corrected chi connectivity index (χ0v) is 12.3. The van der Waals surface area contributed by atoms with Gasteiger partial charge in [0.25, 0.3) is 0 Å². The Balaban J connectivity index is 1.89. The lowest BCUT2D eigenvalue weighted by molar-refractivity contribution is -0.131. The van der Waals surface area contributed by atoms with Crippen LogP contribution in [0.2, 0.25) is 5.02 Å². The summed E-state index contributed by atoms with van der Waals surface area (Å²) < 4.78 is 0. The number of guanidine groups is 1. The maximum atomic E-state index is 12.2. The molecular weight excluding hydrogens is 276 g/mol. The number of amides is 1. The van der Waals surface area contributed by atoms with Gasteiger partial charge in [-0.2, -0.15) is 0 Å². The van der Waals surface area contributed by atoms with Gasteiger partial charge in [0.15, 0.2) is 5.96 Å². The molecule has 1 amide bonds. The summed E-state index contributed by atoms with van der Waals surface area (Å²) in [6.07, 6.45) is 0.387. The quantitative estimate of drug-likeness (QED) is 0.653. The van der Waals surface area contributed by atoms with Gasteiger partial charge in [0, 0.05) is 38.2 Å². The van der Waals surface area contributed by atoms with E-state index in [0.717, 1.165) is 18.7 Å². The third-order valence-electron chi connectivity index (χ3n) is 3.43. The Labute approximate surface area is 124 Å². The van der Waals surface area contributed by atoms with Gasteiger partial charge in [-0.05, 0) is 17.7 Å². The summed E-state index contributed by atoms with van der Waals surface area (Å²) in [6.45, 7) is 2.81. The van der Waals surface area contributed by atoms with E-state index in [1.54, 1.807) is 13.1 Å². The SMILES string of the molecule is CN=C(N)N1CCN(C(=O)Cc2cccc(Cl)c2)CC1. The zero-order valence-electron chi connectivity index (χ0n) is 11.6. The van der Waals surface area contributed by atoms with E-state index in [4.69, 9.17) is 17.3 Å². The molecule has 0 saturated carbocycles. The van der Waals surface area contributed by atoms with Crippen molar-refractivity contribution in [3.63, 3.8) is 0 Å². The smallest absolute Gasteiger partial charge is 0.227 e. The molecule has 1 heterocycles. The van der Waals surface area contributed by atoms with E-state index in [1.807, 2.05) is 28.0 Å². The second-order valence-corrected chi connectivity index (χ2v) is 5.19. The minimum atomic E-state index is 0.124. The highest BCUT2D eigenvalue weighted by Gasteiger charge is 2.21. The summed E-state index contributed by atoms with van der Waals surface area (Å²) in [5, 5.41) is 0.659. The largest absolute Gasteiger partial charge is 0.370 e. The topological polar surface area (TPSA) is 61.9 Å². The standard InChI is InChI=1S/C14H19ClN4O/c1-17-14(16)19-7-5-18(6-8-19)13(20)10-11-3-2-4-12(15)9-11/h2-4,9H,5-8,10H2,1H3,(H2,16,17). The Morgan fingerprint density at radius 2 is 1.95 bits per heavy atom. The van der Waals surface area contributed by atoms with E-state index >= 15 is 0 Å². The number of carbonyl (C=O) groups is 1. The average Bonchev–Trinajstić information content (AvgIpc) is 2.46. The highest BCUT2D eigenvalue weighted by Crippen LogP contribution is 2.12. The summed E-state index contributed by atoms with van der Waals surface area (Å²) in [5.74, 6) is 0.658. The number of rotatable bonds is 2. The van der Waals surface area contributed by atoms with Crippen LogP contribution in [0, 0.1) is 0 Å². The lowest BCUT2D eigenvalue weighted by Crippen LogP contribution is -2.52. The molecule has 0 aliphatic carbocycles. The van der Waals surface area contributed by atoms with Gasteiger partial charge >= 0.3 is 0 Å². The molecule has 1 saturated heterocycles. The Morgan fingerprint density at radius 3 is 2.55 bits per heavy atom. The number of hydrogen-bond acceptors (Lipinski definition) is 2. The Kier molecular flexibility index (Phi) is 4.84. The second-order valence-electron chi connectivity index (χ2n) is 4.76. The molecule has 1 aromatic carbocycles. The van der Waals surface area contributed by atoms with Gasteiger partial charge < -0.3 is 15.5 Å². The Bertz CT molecular complexity index is 510. The third kappa shape index (κ3) is 3.63. The van der Waals surface area contributed by atoms with E-state index in [9.17, 15) is 4.79 Å². The van der Waals surface area contributed by atoms with Crippen molar-refractivity contribution in [1.82, 2.24) is 9.80 Å². The van der Waals surface area contributed by atoms with E-state index in [0.29, 0.717) is 30.5 Å². The number of halogens is 1. The lowest BCUT2D eigenvalue weighted by Gasteiger charge is -2.35. The molecule has 0 aromatic heterocycles. The molecule has 2 rings (SSSR count). The average molecular weight is 295 g/mol. The molecule has 20 heavy (non-hydrogen) atoms. The molecule has 1 aliphatic rings. The number of aliphatic imine (C=N–C) groups is 1. The zero-order chi connectivity index (χ0) is 14.5. The van der Waals surface area contributed by atoms with Crippen LogP contribution in [0.15, 0.2) is 29.3 Å². The fraction of sp³-hybridized carbons (Fsp3) is 0.429. The molecule has 1 aliphatic heterocycles. The second kappa shape index (κ2) is 6.61. The van der Waals surface area contributed by atoms with E-state index < -0.39 is 0 Å². The highest BCUT2D eigenvalue weighted by molar-refractivity contribution is 6.30. The summed E-state index contributed by atoms with van der Waals surface area (Å²) in [4.78, 5) is 20.0. The summed E-state index contributed by atoms with van der Waals surface area (Å²) in [6, 6.07) is 7.42. The number of carbonyl (C=O) groups excluding carboxylic acids is 1. The predicted octanol–water partition coefficient (Wildman–Crippen LogP) is 0.971. The van der Waals surface area contributed by atoms with E-state index in [2.05, 4.69) is 4.99 Å². The van der Waals surface area contributed by atoms with Crippen molar-refractivity contribution in [3.8, 4) is 0 Å². The minimum Gasteiger partial charge on any atom is -0.370 e. The number of nitrogens with two attached hydrogens (primary N) is 1. The van der Waals surface area contributed by atoms with Crippen LogP contribution in [0.3, 0.4) is 0 Å². The maximum absolute atomic E-state index is 12.2. The molecule has 5 nitrogen and oxygen atoms in total. The van der Waals surface area contributed by atoms with Gasteiger partial charge in [-0.1, -0.05) is 23.7 Å². The van der Waals surface area contributed by atoms with Crippen molar-refractivity contribution in [1.29, 1.82) is 0 Å². The molecule has 1 aromatic rings. The summed E-state index contributed by atoms with van der Waals surface area (Å²) >= 11 is 5.93. The van der Waals surface area contributed by atoms with Gasteiger partial charge in [-0.25, -0.2) is 0 Å². The molecule has 2 N–H and O–H groups in total. The van der Waals surface area contributed by atoms with Crippen molar-refractivity contribution in [3.05, 3.63) is 34.9 Å². The first-order valence-corrected chi connectivity index (χ1v) is 6.97. The van der Waals surface area contributed by atoms with Gasteiger partial charge in [0.05, 0.1) is 6.42 Å². The van der Waals surface area contributed by atoms with E-state index in [1.165, 1.54) is 0 Å². The number of hydrogen-bond donors (Lipinski definition) is 1. The first kappa shape index (κ1) is 14.7. The van der Waals surface area contributed by atoms with Crippen LogP contribution in [-0.2, 0) is 11.2 Å². The normalized spacial score (nSPS) is 16.4. The van der Waals surface area contributed by atoms with Crippen molar-refractivity contribution >= 4 is 23.5 Å². The maximum Gasteiger partial charge on any atom is 0.227 e. The lowest BCUT2D eigenvalue weighted by atomic mass is 10.1. The Hall–Kier alpha value is -1.75. The van der Waals surface area contributed by atoms with Crippen LogP contribution in [0.1, 0.15) is 5.56 Å². The van der Waals surface area contributed by atoms with Crippen molar-refractivity contribution in [2.75, 3.05) is 33.2 Å². The van der Waals surface area contributed by atoms with Gasteiger partial charge in [0.2, 0.25) is 5.91 Å². The number of benzene rings is 1. The molecule has 0 spiro atoms. The van der Waals surface area contributed by atoms with Crippen LogP contribution < -0.4 is 5.73 Å². The molecule has 108 valence electrons. The van der Waals surface area contributed by atoms with E-state index in [-0.39, 0.29) is 5.91 Å². The fourth-order valence-corrected chi connectivity index (χ4v) is 2.47. The van der Waals surface area contributed by atoms with Gasteiger partial charge in [0.1, 0.15) is 0 Å². The van der Waals surface area contributed by atoms with Crippen molar-refractivity contribution < 1.29 is 4.79 Å². The summed E-state index contributed by atoms with van der Waals surface area (Å²) in [7, 11) is 1.67. The molecule has 6 heteroatoms. The molecule has 0 radical (unpaired) electrons. The molecule has 0 bridgehead atoms. The van der Waals surface area contributed by atoms with Gasteiger partial charge in [-0.15, -0.1) is 0 Å². The molecule has 0 unspecified atom stereocenters. The van der Waals surface area contributed by atoms with Crippen LogP contribution in [0.4, 0.5) is 0 Å². The van der Waals surface area contributed by atoms with Crippen LogP contribution >= 0.6 is 11.6 Å². The predicted molar refractivity (Wildman–Crippen MR) is 80.9 cm³/mol. The monoisotopic (exact) mass is 294 g/mol. The fourth-order valence-electron chi connectivity index (χ4n) is 2.26. The summed E-state index contributed by atoms with van der Waals surface area (Å²) in [5.41, 5.74) is 6.71. The number of nitrogens with zero attached hydrogens (tertiary/aromatic N) is 3. The first-order valence-electron chi connectivity index (χ1n) is 6.59. The van der Waals surface area contributed by atoms with Crippen molar-refractivity contribution in [2.24, 2.45) is 10.7 Å². The Morgan fingerprint density at radius 1 is 1.30 bits per heavy atom. The molecule has 0 atom stereocenters. The van der Waals surface area contributed by atoms with Crippen LogP contribution in [0.25, 0.3) is 0 Å². The highest BCUT2D eigenvalue weighted by atomic mass is 35.5. The molecule has 1 fully saturated rings. The minimum absolute atomic E-state index is 0.124. The first-order chi connectivity index (χ1) is 9.60. The third-order valence-corrected chi connectivity index (χ3v) is 3.66. The van der Waals surface area contributed by atoms with Crippen LogP contribution in [-0.4, -0.2) is 54.9 Å². The van der Waals surface area contributed by atoms with Crippen molar-refractivity contribution in [2.45, 2.75) is 6.42 Å². The van der Waals surface area contributed by atoms with Gasteiger partial charge in [-0.3, -0.25) is 9.79 Å². The van der Waals surface area contributed by atoms with Crippen LogP contribution in [0.5, 0.6) is 0 Å².